The van der Waals surface area contributed by atoms with Crippen molar-refractivity contribution in [3.05, 3.63) is 22.7 Å². The van der Waals surface area contributed by atoms with Crippen molar-refractivity contribution in [1.82, 2.24) is 0 Å². The van der Waals surface area contributed by atoms with Gasteiger partial charge in [0.25, 0.3) is 0 Å². The standard InChI is InChI=1S/C12H15ClN2O2/c1-17-12(16)9-4-8(14)5-10(13)11(9)15-6-7-2-3-7/h4-5,7,15H,2-3,6,14H2,1H3. The molecule has 1 fully saturated rings. The molecule has 5 heteroatoms. The minimum Gasteiger partial charge on any atom is -0.465 e. The Bertz CT molecular complexity index is 444. The maximum atomic E-state index is 11.6. The van der Waals surface area contributed by atoms with Crippen LogP contribution in [0.25, 0.3) is 0 Å². The van der Waals surface area contributed by atoms with Crippen LogP contribution >= 0.6 is 11.6 Å². The van der Waals surface area contributed by atoms with Gasteiger partial charge in [-0.3, -0.25) is 0 Å². The minimum atomic E-state index is -0.433. The fourth-order valence-corrected chi connectivity index (χ4v) is 1.94. The lowest BCUT2D eigenvalue weighted by Crippen LogP contribution is -2.11. The smallest absolute Gasteiger partial charge is 0.340 e. The summed E-state index contributed by atoms with van der Waals surface area (Å²) in [6.07, 6.45) is 2.46. The lowest BCUT2D eigenvalue weighted by atomic mass is 10.1. The SMILES string of the molecule is COC(=O)c1cc(N)cc(Cl)c1NCC1CC1. The number of carbonyl (C=O) groups excluding carboxylic acids is 1. The number of hydrogen-bond donors (Lipinski definition) is 2. The molecular weight excluding hydrogens is 240 g/mol. The molecule has 1 aliphatic rings. The maximum Gasteiger partial charge on any atom is 0.340 e. The van der Waals surface area contributed by atoms with Crippen LogP contribution in [0.15, 0.2) is 12.1 Å². The van der Waals surface area contributed by atoms with E-state index in [1.54, 1.807) is 12.1 Å². The van der Waals surface area contributed by atoms with E-state index in [1.165, 1.54) is 20.0 Å². The van der Waals surface area contributed by atoms with Crippen LogP contribution in [-0.4, -0.2) is 19.6 Å². The van der Waals surface area contributed by atoms with Crippen LogP contribution in [0.1, 0.15) is 23.2 Å². The van der Waals surface area contributed by atoms with Crippen LogP contribution in [0.4, 0.5) is 11.4 Å². The Morgan fingerprint density at radius 1 is 1.59 bits per heavy atom. The van der Waals surface area contributed by atoms with Gasteiger partial charge in [0.15, 0.2) is 0 Å². The third-order valence-electron chi connectivity index (χ3n) is 2.78. The molecule has 0 aliphatic heterocycles. The van der Waals surface area contributed by atoms with Gasteiger partial charge in [0.2, 0.25) is 0 Å². The Morgan fingerprint density at radius 2 is 2.29 bits per heavy atom. The summed E-state index contributed by atoms with van der Waals surface area (Å²) in [7, 11) is 1.34. The average molecular weight is 255 g/mol. The molecule has 0 amide bonds. The third-order valence-corrected chi connectivity index (χ3v) is 3.08. The van der Waals surface area contributed by atoms with Gasteiger partial charge in [0.1, 0.15) is 0 Å². The van der Waals surface area contributed by atoms with Gasteiger partial charge >= 0.3 is 5.97 Å². The summed E-state index contributed by atoms with van der Waals surface area (Å²) >= 11 is 6.09. The molecule has 2 rings (SSSR count). The van der Waals surface area contributed by atoms with Crippen LogP contribution in [0.3, 0.4) is 0 Å². The number of benzene rings is 1. The molecule has 0 aromatic heterocycles. The number of rotatable bonds is 4. The number of halogens is 1. The first-order valence-electron chi connectivity index (χ1n) is 5.53. The molecule has 1 aromatic rings. The van der Waals surface area contributed by atoms with E-state index in [0.717, 1.165) is 6.54 Å². The van der Waals surface area contributed by atoms with E-state index in [4.69, 9.17) is 22.1 Å². The Hall–Kier alpha value is -1.42. The monoisotopic (exact) mass is 254 g/mol. The van der Waals surface area contributed by atoms with Crippen LogP contribution in [0.2, 0.25) is 5.02 Å². The van der Waals surface area contributed by atoms with E-state index >= 15 is 0 Å². The third kappa shape index (κ3) is 2.82. The predicted molar refractivity (Wildman–Crippen MR) is 68.4 cm³/mol. The first-order valence-corrected chi connectivity index (χ1v) is 5.91. The number of hydrogen-bond acceptors (Lipinski definition) is 4. The Labute approximate surface area is 105 Å². The van der Waals surface area contributed by atoms with Crippen molar-refractivity contribution in [3.8, 4) is 0 Å². The molecule has 0 saturated heterocycles. The number of carbonyl (C=O) groups is 1. The molecule has 1 saturated carbocycles. The topological polar surface area (TPSA) is 64.3 Å². The van der Waals surface area contributed by atoms with Gasteiger partial charge < -0.3 is 15.8 Å². The number of anilines is 2. The van der Waals surface area contributed by atoms with E-state index in [2.05, 4.69) is 5.32 Å². The van der Waals surface area contributed by atoms with E-state index in [9.17, 15) is 4.79 Å². The highest BCUT2D eigenvalue weighted by Crippen LogP contribution is 2.33. The minimum absolute atomic E-state index is 0.387. The van der Waals surface area contributed by atoms with Crippen molar-refractivity contribution in [2.45, 2.75) is 12.8 Å². The van der Waals surface area contributed by atoms with Gasteiger partial charge in [-0.1, -0.05) is 11.6 Å². The normalized spacial score (nSPS) is 14.5. The van der Waals surface area contributed by atoms with Crippen molar-refractivity contribution < 1.29 is 9.53 Å². The van der Waals surface area contributed by atoms with Gasteiger partial charge in [0, 0.05) is 12.2 Å². The predicted octanol–water partition coefficient (Wildman–Crippen LogP) is 2.53. The molecule has 3 N–H and O–H groups in total. The number of nitrogen functional groups attached to an aromatic ring is 1. The zero-order valence-corrected chi connectivity index (χ0v) is 10.4. The summed E-state index contributed by atoms with van der Waals surface area (Å²) in [4.78, 5) is 11.6. The molecule has 0 spiro atoms. The Balaban J connectivity index is 2.28. The summed E-state index contributed by atoms with van der Waals surface area (Å²) in [6.45, 7) is 0.827. The Kier molecular flexibility index (Phi) is 3.43. The van der Waals surface area contributed by atoms with Crippen molar-refractivity contribution in [2.75, 3.05) is 24.7 Å². The molecule has 0 atom stereocenters. The summed E-state index contributed by atoms with van der Waals surface area (Å²) in [5, 5.41) is 3.65. The molecule has 17 heavy (non-hydrogen) atoms. The van der Waals surface area contributed by atoms with Gasteiger partial charge in [-0.2, -0.15) is 0 Å². The highest BCUT2D eigenvalue weighted by atomic mass is 35.5. The second-order valence-electron chi connectivity index (χ2n) is 4.24. The van der Waals surface area contributed by atoms with Crippen molar-refractivity contribution in [2.24, 2.45) is 5.92 Å². The van der Waals surface area contributed by atoms with Crippen LogP contribution in [0.5, 0.6) is 0 Å². The van der Waals surface area contributed by atoms with Gasteiger partial charge in [-0.15, -0.1) is 0 Å². The van der Waals surface area contributed by atoms with Crippen molar-refractivity contribution >= 4 is 28.9 Å². The van der Waals surface area contributed by atoms with Crippen LogP contribution < -0.4 is 11.1 Å². The summed E-state index contributed by atoms with van der Waals surface area (Å²) < 4.78 is 4.72. The van der Waals surface area contributed by atoms with Gasteiger partial charge in [-0.05, 0) is 30.9 Å². The molecular formula is C12H15ClN2O2. The van der Waals surface area contributed by atoms with Gasteiger partial charge in [0.05, 0.1) is 23.4 Å². The van der Waals surface area contributed by atoms with E-state index < -0.39 is 5.97 Å². The number of nitrogens with one attached hydrogen (secondary N) is 1. The summed E-state index contributed by atoms with van der Waals surface area (Å²) in [5.74, 6) is 0.256. The second-order valence-corrected chi connectivity index (χ2v) is 4.65. The largest absolute Gasteiger partial charge is 0.465 e. The summed E-state index contributed by atoms with van der Waals surface area (Å²) in [5.41, 5.74) is 7.12. The molecule has 92 valence electrons. The molecule has 0 radical (unpaired) electrons. The zero-order chi connectivity index (χ0) is 12.4. The molecule has 1 aliphatic carbocycles. The number of nitrogens with two attached hydrogens (primary N) is 1. The fraction of sp³-hybridized carbons (Fsp3) is 0.417. The lowest BCUT2D eigenvalue weighted by molar-refractivity contribution is 0.0602. The first kappa shape index (κ1) is 12.0. The highest BCUT2D eigenvalue weighted by molar-refractivity contribution is 6.34. The molecule has 0 unspecified atom stereocenters. The van der Waals surface area contributed by atoms with Crippen molar-refractivity contribution in [3.63, 3.8) is 0 Å². The quantitative estimate of drug-likeness (QED) is 0.640. The first-order chi connectivity index (χ1) is 8.11. The Morgan fingerprint density at radius 3 is 2.88 bits per heavy atom. The van der Waals surface area contributed by atoms with E-state index in [0.29, 0.717) is 27.9 Å². The molecule has 0 heterocycles. The fourth-order valence-electron chi connectivity index (χ4n) is 1.65. The molecule has 4 nitrogen and oxygen atoms in total. The van der Waals surface area contributed by atoms with Gasteiger partial charge in [-0.25, -0.2) is 4.79 Å². The van der Waals surface area contributed by atoms with Crippen molar-refractivity contribution in [1.29, 1.82) is 0 Å². The van der Waals surface area contributed by atoms with E-state index in [1.807, 2.05) is 0 Å². The van der Waals surface area contributed by atoms with Crippen LogP contribution in [-0.2, 0) is 4.74 Å². The molecule has 0 bridgehead atoms. The average Bonchev–Trinajstić information content (AvgIpc) is 3.09. The number of ether oxygens (including phenoxy) is 1. The van der Waals surface area contributed by atoms with E-state index in [-0.39, 0.29) is 0 Å². The lowest BCUT2D eigenvalue weighted by Gasteiger charge is -2.13. The second kappa shape index (κ2) is 4.84. The zero-order valence-electron chi connectivity index (χ0n) is 9.63. The van der Waals surface area contributed by atoms with Crippen LogP contribution in [0, 0.1) is 5.92 Å². The summed E-state index contributed by atoms with van der Waals surface area (Å²) in [6, 6.07) is 3.20. The molecule has 1 aromatic carbocycles. The highest BCUT2D eigenvalue weighted by Gasteiger charge is 2.23. The maximum absolute atomic E-state index is 11.6. The number of esters is 1. The number of methoxy groups -OCH3 is 1.